The second-order valence-electron chi connectivity index (χ2n) is 9.30. The minimum absolute atomic E-state index is 0.247. The summed E-state index contributed by atoms with van der Waals surface area (Å²) in [7, 11) is 0. The Morgan fingerprint density at radius 3 is 1.89 bits per heavy atom. The normalized spacial score (nSPS) is 12.3. The van der Waals surface area contributed by atoms with Crippen LogP contribution < -0.4 is 4.74 Å². The molecule has 0 atom stereocenters. The van der Waals surface area contributed by atoms with E-state index < -0.39 is 5.79 Å². The summed E-state index contributed by atoms with van der Waals surface area (Å²) in [5.74, 6) is 0.210. The zero-order chi connectivity index (χ0) is 26.8. The van der Waals surface area contributed by atoms with Gasteiger partial charge in [0.15, 0.2) is 0 Å². The van der Waals surface area contributed by atoms with Crippen LogP contribution >= 0.6 is 11.6 Å². The van der Waals surface area contributed by atoms with Crippen LogP contribution in [-0.2, 0) is 11.3 Å². The average Bonchev–Trinajstić information content (AvgIpc) is 2.92. The molecule has 1 N–H and O–H groups in total. The fourth-order valence-electron chi connectivity index (χ4n) is 3.67. The molecule has 4 aromatic carbocycles. The van der Waals surface area contributed by atoms with Crippen molar-refractivity contribution in [1.29, 1.82) is 0 Å². The maximum absolute atomic E-state index is 9.56. The van der Waals surface area contributed by atoms with E-state index >= 15 is 0 Å². The van der Waals surface area contributed by atoms with E-state index in [0.717, 1.165) is 33.6 Å². The van der Waals surface area contributed by atoms with Crippen molar-refractivity contribution >= 4 is 29.8 Å². The molecule has 0 aliphatic rings. The Balaban J connectivity index is 1.48. The number of rotatable bonds is 10. The molecule has 0 saturated carbocycles. The molecule has 0 bridgehead atoms. The second-order valence-corrected chi connectivity index (χ2v) is 9.74. The summed E-state index contributed by atoms with van der Waals surface area (Å²) in [6, 6.07) is 32.8. The predicted octanol–water partition coefficient (Wildman–Crippen LogP) is 9.19. The minimum atomic E-state index is -0.771. The number of phenols is 1. The Bertz CT molecular complexity index is 1330. The summed E-state index contributed by atoms with van der Waals surface area (Å²) >= 11 is 6.03. The van der Waals surface area contributed by atoms with Gasteiger partial charge in [-0.3, -0.25) is 0 Å². The van der Waals surface area contributed by atoms with Gasteiger partial charge in [0.1, 0.15) is 11.5 Å². The molecule has 4 rings (SSSR count). The van der Waals surface area contributed by atoms with Crippen molar-refractivity contribution in [3.63, 3.8) is 0 Å². The lowest BCUT2D eigenvalue weighted by atomic mass is 10.1. The van der Waals surface area contributed by atoms with Crippen LogP contribution in [0.3, 0.4) is 0 Å². The third-order valence-corrected chi connectivity index (χ3v) is 5.96. The lowest BCUT2D eigenvalue weighted by Crippen LogP contribution is -2.31. The second kappa shape index (κ2) is 13.0. The number of ether oxygens (including phenoxy) is 2. The molecule has 4 heteroatoms. The van der Waals surface area contributed by atoms with Crippen molar-refractivity contribution in [2.24, 2.45) is 0 Å². The highest BCUT2D eigenvalue weighted by Gasteiger charge is 2.20. The third-order valence-electron chi connectivity index (χ3n) is 5.71. The molecule has 0 heterocycles. The highest BCUT2D eigenvalue weighted by Crippen LogP contribution is 2.23. The van der Waals surface area contributed by atoms with Gasteiger partial charge in [0.25, 0.3) is 0 Å². The van der Waals surface area contributed by atoms with Crippen molar-refractivity contribution in [1.82, 2.24) is 0 Å². The Kier molecular flexibility index (Phi) is 9.21. The highest BCUT2D eigenvalue weighted by atomic mass is 35.5. The third kappa shape index (κ3) is 8.81. The summed E-state index contributed by atoms with van der Waals surface area (Å²) in [5, 5.41) is 10.3. The Morgan fingerprint density at radius 1 is 0.737 bits per heavy atom. The van der Waals surface area contributed by atoms with E-state index in [1.165, 1.54) is 0 Å². The first-order valence-electron chi connectivity index (χ1n) is 12.4. The summed E-state index contributed by atoms with van der Waals surface area (Å²) in [4.78, 5) is 0. The van der Waals surface area contributed by atoms with Crippen LogP contribution in [0.5, 0.6) is 11.5 Å². The zero-order valence-electron chi connectivity index (χ0n) is 21.6. The van der Waals surface area contributed by atoms with Crippen LogP contribution in [-0.4, -0.2) is 10.9 Å². The molecule has 4 aromatic rings. The topological polar surface area (TPSA) is 38.7 Å². The lowest BCUT2D eigenvalue weighted by Gasteiger charge is -2.26. The maximum Gasteiger partial charge on any atom is 0.205 e. The van der Waals surface area contributed by atoms with E-state index in [1.807, 2.05) is 123 Å². The molecule has 0 aliphatic heterocycles. The zero-order valence-corrected chi connectivity index (χ0v) is 22.3. The summed E-state index contributed by atoms with van der Waals surface area (Å²) in [6.07, 6.45) is 10.3. The molecular weight excluding hydrogens is 492 g/mol. The van der Waals surface area contributed by atoms with Gasteiger partial charge in [0.05, 0.1) is 6.61 Å². The number of hydrogen-bond acceptors (Lipinski definition) is 3. The average molecular weight is 523 g/mol. The van der Waals surface area contributed by atoms with Crippen LogP contribution in [0.1, 0.15) is 36.1 Å². The summed E-state index contributed by atoms with van der Waals surface area (Å²) in [6.45, 7) is 4.31. The van der Waals surface area contributed by atoms with Crippen molar-refractivity contribution < 1.29 is 14.6 Å². The van der Waals surface area contributed by atoms with Crippen LogP contribution in [0, 0.1) is 0 Å². The van der Waals surface area contributed by atoms with Gasteiger partial charge in [-0.15, -0.1) is 0 Å². The van der Waals surface area contributed by atoms with E-state index in [4.69, 9.17) is 21.1 Å². The fraction of sp³-hybridized carbons (Fsp3) is 0.118. The first-order valence-corrected chi connectivity index (χ1v) is 12.8. The minimum Gasteiger partial charge on any atom is -0.508 e. The molecule has 0 saturated heterocycles. The number of hydrogen-bond donors (Lipinski definition) is 1. The Labute approximate surface area is 230 Å². The SMILES string of the molecule is CC(C)(OCc1ccccc1)Oc1ccc(C=C(C=Cc2ccc(O)cc2)C=Cc2ccc(Cl)cc2)cc1. The van der Waals surface area contributed by atoms with Gasteiger partial charge in [0.2, 0.25) is 5.79 Å². The van der Waals surface area contributed by atoms with Gasteiger partial charge < -0.3 is 14.6 Å². The molecule has 0 amide bonds. The van der Waals surface area contributed by atoms with Gasteiger partial charge in [-0.25, -0.2) is 0 Å². The highest BCUT2D eigenvalue weighted by molar-refractivity contribution is 6.30. The van der Waals surface area contributed by atoms with E-state index in [0.29, 0.717) is 11.6 Å². The standard InChI is InChI=1S/C34H31ClO3/c1-34(2,37-25-30-6-4-3-5-7-30)38-33-22-16-29(17-23-33)24-28(10-8-26-12-18-31(35)19-13-26)11-9-27-14-20-32(36)21-15-27/h3-24,36H,25H2,1-2H3. The van der Waals surface area contributed by atoms with Gasteiger partial charge in [-0.05, 0) is 70.3 Å². The van der Waals surface area contributed by atoms with Gasteiger partial charge in [-0.2, -0.15) is 0 Å². The van der Waals surface area contributed by atoms with Crippen molar-refractivity contribution in [3.8, 4) is 11.5 Å². The molecular formula is C34H31ClO3. The number of phenolic OH excluding ortho intramolecular Hbond substituents is 1. The molecule has 192 valence electrons. The summed E-state index contributed by atoms with van der Waals surface area (Å²) in [5.41, 5.74) is 5.19. The molecule has 0 aliphatic carbocycles. The van der Waals surface area contributed by atoms with Gasteiger partial charge in [-0.1, -0.05) is 103 Å². The first-order chi connectivity index (χ1) is 18.3. The Hall–Kier alpha value is -4.05. The van der Waals surface area contributed by atoms with Crippen LogP contribution in [0.15, 0.2) is 121 Å². The molecule has 0 spiro atoms. The smallest absolute Gasteiger partial charge is 0.205 e. The fourth-order valence-corrected chi connectivity index (χ4v) is 3.79. The van der Waals surface area contributed by atoms with Crippen LogP contribution in [0.4, 0.5) is 0 Å². The van der Waals surface area contributed by atoms with E-state index in [1.54, 1.807) is 12.1 Å². The van der Waals surface area contributed by atoms with Gasteiger partial charge in [0, 0.05) is 18.9 Å². The van der Waals surface area contributed by atoms with Gasteiger partial charge >= 0.3 is 0 Å². The number of allylic oxidation sites excluding steroid dienone is 3. The number of benzene rings is 4. The summed E-state index contributed by atoms with van der Waals surface area (Å²) < 4.78 is 12.1. The largest absolute Gasteiger partial charge is 0.508 e. The molecule has 0 unspecified atom stereocenters. The first kappa shape index (κ1) is 27.0. The van der Waals surface area contributed by atoms with E-state index in [-0.39, 0.29) is 5.75 Å². The molecule has 0 fully saturated rings. The van der Waals surface area contributed by atoms with E-state index in [2.05, 4.69) is 12.2 Å². The predicted molar refractivity (Wildman–Crippen MR) is 158 cm³/mol. The van der Waals surface area contributed by atoms with Crippen molar-refractivity contribution in [2.45, 2.75) is 26.2 Å². The molecule has 0 radical (unpaired) electrons. The Morgan fingerprint density at radius 2 is 1.29 bits per heavy atom. The van der Waals surface area contributed by atoms with Crippen molar-refractivity contribution in [3.05, 3.63) is 148 Å². The monoisotopic (exact) mass is 522 g/mol. The molecule has 3 nitrogen and oxygen atoms in total. The maximum atomic E-state index is 9.56. The quantitative estimate of drug-likeness (QED) is 0.167. The van der Waals surface area contributed by atoms with Crippen molar-refractivity contribution in [2.75, 3.05) is 0 Å². The lowest BCUT2D eigenvalue weighted by molar-refractivity contribution is -0.164. The van der Waals surface area contributed by atoms with Crippen LogP contribution in [0.25, 0.3) is 18.2 Å². The van der Waals surface area contributed by atoms with Crippen LogP contribution in [0.2, 0.25) is 5.02 Å². The number of halogens is 1. The number of aromatic hydroxyl groups is 1. The van der Waals surface area contributed by atoms with E-state index in [9.17, 15) is 5.11 Å². The molecule has 38 heavy (non-hydrogen) atoms. The molecule has 0 aromatic heterocycles.